The Morgan fingerprint density at radius 3 is 2.67 bits per heavy atom. The number of halogens is 1. The molecule has 0 heterocycles. The van der Waals surface area contributed by atoms with Crippen LogP contribution in [0.15, 0.2) is 0 Å². The summed E-state index contributed by atoms with van der Waals surface area (Å²) < 4.78 is 2.61. The number of hydrogen-bond acceptors (Lipinski definition) is 3. The van der Waals surface area contributed by atoms with E-state index in [4.69, 9.17) is 10.8 Å². The molecule has 0 aromatic rings. The van der Waals surface area contributed by atoms with E-state index in [2.05, 4.69) is 16.9 Å². The Balaban J connectivity index is 0. The highest BCUT2D eigenvalue weighted by Crippen LogP contribution is 1.87. The number of rotatable bonds is 3. The standard InChI is InChI=1S/C3H8N2OS2.ClH/c4-3(7)5-8-2-1-6;/h6H,1-2H2,(H3,4,5,7);1H. The molecule has 0 fully saturated rings. The number of aliphatic hydroxyl groups excluding tert-OH is 1. The summed E-state index contributed by atoms with van der Waals surface area (Å²) >= 11 is 5.77. The van der Waals surface area contributed by atoms with E-state index in [9.17, 15) is 0 Å². The SMILES string of the molecule is Cl.NC(=S)NSCCO. The molecule has 0 saturated carbocycles. The van der Waals surface area contributed by atoms with Gasteiger partial charge in [0.2, 0.25) is 0 Å². The first-order chi connectivity index (χ1) is 3.77. The second-order valence-corrected chi connectivity index (χ2v) is 2.38. The Bertz CT molecular complexity index is 82.2. The zero-order chi connectivity index (χ0) is 6.41. The Morgan fingerprint density at radius 1 is 1.78 bits per heavy atom. The molecule has 4 N–H and O–H groups in total. The molecule has 0 rings (SSSR count). The average Bonchev–Trinajstić information content (AvgIpc) is 1.66. The molecule has 0 aliphatic carbocycles. The second-order valence-electron chi connectivity index (χ2n) is 1.04. The number of thiocarbonyl (C=S) groups is 1. The van der Waals surface area contributed by atoms with E-state index < -0.39 is 0 Å². The summed E-state index contributed by atoms with van der Waals surface area (Å²) in [5, 5.41) is 8.49. The molecular formula is C3H9ClN2OS2. The van der Waals surface area contributed by atoms with Gasteiger partial charge in [0.25, 0.3) is 0 Å². The third-order valence-electron chi connectivity index (χ3n) is 0.366. The fraction of sp³-hybridized carbons (Fsp3) is 0.667. The summed E-state index contributed by atoms with van der Waals surface area (Å²) in [6.07, 6.45) is 0. The van der Waals surface area contributed by atoms with Crippen LogP contribution in [0.25, 0.3) is 0 Å². The molecule has 0 unspecified atom stereocenters. The predicted octanol–water partition coefficient (Wildman–Crippen LogP) is -0.118. The quantitative estimate of drug-likeness (QED) is 0.328. The lowest BCUT2D eigenvalue weighted by Crippen LogP contribution is -2.23. The first-order valence-corrected chi connectivity index (χ1v) is 3.45. The first-order valence-electron chi connectivity index (χ1n) is 2.05. The van der Waals surface area contributed by atoms with Crippen LogP contribution in [0.2, 0.25) is 0 Å². The Hall–Kier alpha value is 0.290. The van der Waals surface area contributed by atoms with Crippen LogP contribution in [0, 0.1) is 0 Å². The normalized spacial score (nSPS) is 7.67. The summed E-state index contributed by atoms with van der Waals surface area (Å²) in [5.74, 6) is 0.608. The van der Waals surface area contributed by atoms with Crippen molar-refractivity contribution < 1.29 is 5.11 Å². The Labute approximate surface area is 69.9 Å². The van der Waals surface area contributed by atoms with E-state index in [1.807, 2.05) is 0 Å². The maximum Gasteiger partial charge on any atom is 0.173 e. The molecule has 0 atom stereocenters. The van der Waals surface area contributed by atoms with Crippen LogP contribution >= 0.6 is 36.6 Å². The highest BCUT2D eigenvalue weighted by atomic mass is 35.5. The molecule has 3 nitrogen and oxygen atoms in total. The van der Waals surface area contributed by atoms with Crippen molar-refractivity contribution in [3.8, 4) is 0 Å². The molecule has 0 bridgehead atoms. The number of aliphatic hydroxyl groups is 1. The van der Waals surface area contributed by atoms with Crippen molar-refractivity contribution in [2.45, 2.75) is 0 Å². The molecule has 9 heavy (non-hydrogen) atoms. The lowest BCUT2D eigenvalue weighted by atomic mass is 10.9. The lowest BCUT2D eigenvalue weighted by Gasteiger charge is -1.97. The largest absolute Gasteiger partial charge is 0.395 e. The van der Waals surface area contributed by atoms with Crippen LogP contribution in [-0.4, -0.2) is 22.6 Å². The fourth-order valence-electron chi connectivity index (χ4n) is 0.168. The van der Waals surface area contributed by atoms with E-state index in [1.54, 1.807) is 0 Å². The number of hydrogen-bond donors (Lipinski definition) is 3. The molecule has 0 aromatic carbocycles. The molecule has 0 aromatic heterocycles. The van der Waals surface area contributed by atoms with E-state index >= 15 is 0 Å². The van der Waals surface area contributed by atoms with Crippen molar-refractivity contribution in [3.05, 3.63) is 0 Å². The van der Waals surface area contributed by atoms with Gasteiger partial charge in [0.1, 0.15) is 0 Å². The van der Waals surface area contributed by atoms with Crippen molar-refractivity contribution in [1.29, 1.82) is 0 Å². The van der Waals surface area contributed by atoms with Gasteiger partial charge in [-0.05, 0) is 24.2 Å². The van der Waals surface area contributed by atoms with E-state index in [-0.39, 0.29) is 24.1 Å². The van der Waals surface area contributed by atoms with Crippen LogP contribution in [0.1, 0.15) is 0 Å². The van der Waals surface area contributed by atoms with Crippen LogP contribution in [0.3, 0.4) is 0 Å². The molecular weight excluding hydrogens is 180 g/mol. The van der Waals surface area contributed by atoms with Gasteiger partial charge in [0, 0.05) is 5.75 Å². The summed E-state index contributed by atoms with van der Waals surface area (Å²) in [5.41, 5.74) is 5.05. The van der Waals surface area contributed by atoms with Crippen LogP contribution in [0.4, 0.5) is 0 Å². The van der Waals surface area contributed by atoms with Crippen molar-refractivity contribution >= 4 is 41.7 Å². The van der Waals surface area contributed by atoms with Crippen LogP contribution in [-0.2, 0) is 0 Å². The van der Waals surface area contributed by atoms with Gasteiger partial charge >= 0.3 is 0 Å². The topological polar surface area (TPSA) is 58.3 Å². The van der Waals surface area contributed by atoms with Gasteiger partial charge in [-0.2, -0.15) is 0 Å². The van der Waals surface area contributed by atoms with Gasteiger partial charge in [0.15, 0.2) is 5.11 Å². The monoisotopic (exact) mass is 188 g/mol. The minimum Gasteiger partial charge on any atom is -0.395 e. The molecule has 0 aliphatic heterocycles. The van der Waals surface area contributed by atoms with Crippen molar-refractivity contribution in [1.82, 2.24) is 4.72 Å². The number of nitrogens with two attached hydrogens (primary N) is 1. The van der Waals surface area contributed by atoms with Crippen molar-refractivity contribution in [2.24, 2.45) is 5.73 Å². The Morgan fingerprint density at radius 2 is 2.33 bits per heavy atom. The van der Waals surface area contributed by atoms with Crippen molar-refractivity contribution in [3.63, 3.8) is 0 Å². The van der Waals surface area contributed by atoms with E-state index in [0.29, 0.717) is 5.75 Å². The Kier molecular flexibility index (Phi) is 11.1. The average molecular weight is 189 g/mol. The summed E-state index contributed by atoms with van der Waals surface area (Å²) in [6.45, 7) is 0.139. The lowest BCUT2D eigenvalue weighted by molar-refractivity contribution is 0.322. The van der Waals surface area contributed by atoms with Crippen LogP contribution < -0.4 is 10.5 Å². The molecule has 56 valence electrons. The van der Waals surface area contributed by atoms with Gasteiger partial charge in [-0.15, -0.1) is 12.4 Å². The molecule has 0 aliphatic rings. The van der Waals surface area contributed by atoms with Crippen LogP contribution in [0.5, 0.6) is 0 Å². The van der Waals surface area contributed by atoms with E-state index in [0.717, 1.165) is 0 Å². The summed E-state index contributed by atoms with van der Waals surface area (Å²) in [6, 6.07) is 0. The minimum absolute atomic E-state index is 0. The van der Waals surface area contributed by atoms with E-state index in [1.165, 1.54) is 11.9 Å². The highest BCUT2D eigenvalue weighted by molar-refractivity contribution is 7.98. The zero-order valence-electron chi connectivity index (χ0n) is 4.66. The zero-order valence-corrected chi connectivity index (χ0v) is 7.11. The first kappa shape index (κ1) is 12.0. The second kappa shape index (κ2) is 8.29. The molecule has 0 amide bonds. The smallest absolute Gasteiger partial charge is 0.173 e. The van der Waals surface area contributed by atoms with Gasteiger partial charge in [-0.3, -0.25) is 0 Å². The number of nitrogens with one attached hydrogen (secondary N) is 1. The molecule has 0 spiro atoms. The highest BCUT2D eigenvalue weighted by Gasteiger charge is 1.84. The fourth-order valence-corrected chi connectivity index (χ4v) is 0.680. The molecule has 0 radical (unpaired) electrons. The van der Waals surface area contributed by atoms with Gasteiger partial charge in [0.05, 0.1) is 6.61 Å². The summed E-state index contributed by atoms with van der Waals surface area (Å²) in [7, 11) is 0. The van der Waals surface area contributed by atoms with Gasteiger partial charge < -0.3 is 15.6 Å². The predicted molar refractivity (Wildman–Crippen MR) is 46.7 cm³/mol. The maximum atomic E-state index is 8.23. The van der Waals surface area contributed by atoms with Gasteiger partial charge in [-0.1, -0.05) is 0 Å². The van der Waals surface area contributed by atoms with Crippen molar-refractivity contribution in [2.75, 3.05) is 12.4 Å². The maximum absolute atomic E-state index is 8.23. The third-order valence-corrected chi connectivity index (χ3v) is 1.35. The minimum atomic E-state index is 0. The third kappa shape index (κ3) is 11.7. The van der Waals surface area contributed by atoms with Gasteiger partial charge in [-0.25, -0.2) is 0 Å². The molecule has 0 saturated heterocycles. The summed E-state index contributed by atoms with van der Waals surface area (Å²) in [4.78, 5) is 0. The molecule has 6 heteroatoms.